The second-order valence-electron chi connectivity index (χ2n) is 3.52. The molecule has 2 rings (SSSR count). The molecule has 0 aliphatic rings. The molecule has 0 bridgehead atoms. The Morgan fingerprint density at radius 2 is 1.71 bits per heavy atom. The van der Waals surface area contributed by atoms with Gasteiger partial charge < -0.3 is 5.11 Å². The lowest BCUT2D eigenvalue weighted by molar-refractivity contribution is 0.112. The average Bonchev–Trinajstić information content (AvgIpc) is 2.34. The van der Waals surface area contributed by atoms with E-state index in [0.29, 0.717) is 16.1 Å². The zero-order chi connectivity index (χ0) is 12.4. The summed E-state index contributed by atoms with van der Waals surface area (Å²) in [5.41, 5.74) is 1.86. The molecule has 0 aliphatic heterocycles. The van der Waals surface area contributed by atoms with Gasteiger partial charge in [0.1, 0.15) is 12.0 Å². The van der Waals surface area contributed by atoms with E-state index < -0.39 is 0 Å². The van der Waals surface area contributed by atoms with Crippen LogP contribution in [0.25, 0.3) is 11.1 Å². The molecule has 0 heterocycles. The van der Waals surface area contributed by atoms with Gasteiger partial charge in [0.05, 0.1) is 5.02 Å². The molecule has 17 heavy (non-hydrogen) atoms. The Labute approximate surface area is 108 Å². The summed E-state index contributed by atoms with van der Waals surface area (Å²) in [7, 11) is 0. The predicted molar refractivity (Wildman–Crippen MR) is 69.0 cm³/mol. The van der Waals surface area contributed by atoms with E-state index in [4.69, 9.17) is 23.2 Å². The largest absolute Gasteiger partial charge is 0.506 e. The summed E-state index contributed by atoms with van der Waals surface area (Å²) >= 11 is 11.7. The summed E-state index contributed by atoms with van der Waals surface area (Å²) in [6, 6.07) is 9.88. The second-order valence-corrected chi connectivity index (χ2v) is 4.37. The highest BCUT2D eigenvalue weighted by Gasteiger charge is 2.09. The van der Waals surface area contributed by atoms with Crippen molar-refractivity contribution in [1.29, 1.82) is 0 Å². The molecule has 0 fully saturated rings. The van der Waals surface area contributed by atoms with Crippen molar-refractivity contribution in [2.45, 2.75) is 0 Å². The fraction of sp³-hybridized carbons (Fsp3) is 0. The zero-order valence-corrected chi connectivity index (χ0v) is 10.2. The van der Waals surface area contributed by atoms with E-state index in [-0.39, 0.29) is 10.8 Å². The number of carbonyl (C=O) groups excluding carboxylic acids is 1. The molecule has 0 spiro atoms. The number of hydrogen-bond donors (Lipinski definition) is 1. The van der Waals surface area contributed by atoms with Gasteiger partial charge in [-0.1, -0.05) is 47.5 Å². The van der Waals surface area contributed by atoms with E-state index in [2.05, 4.69) is 0 Å². The van der Waals surface area contributed by atoms with E-state index in [0.717, 1.165) is 11.8 Å². The molecule has 2 aromatic rings. The van der Waals surface area contributed by atoms with Gasteiger partial charge >= 0.3 is 0 Å². The molecule has 86 valence electrons. The standard InChI is InChI=1S/C13H8Cl2O2/c14-10-5-11(13(17)12(15)6-10)9-3-1-8(7-16)2-4-9/h1-7,17H. The van der Waals surface area contributed by atoms with Crippen LogP contribution < -0.4 is 0 Å². The average molecular weight is 267 g/mol. The first-order valence-electron chi connectivity index (χ1n) is 4.85. The molecule has 0 saturated carbocycles. The summed E-state index contributed by atoms with van der Waals surface area (Å²) < 4.78 is 0. The Balaban J connectivity index is 2.55. The predicted octanol–water partition coefficient (Wildman–Crippen LogP) is 4.18. The first-order chi connectivity index (χ1) is 8.11. The van der Waals surface area contributed by atoms with Crippen LogP contribution in [-0.2, 0) is 0 Å². The Morgan fingerprint density at radius 3 is 2.29 bits per heavy atom. The number of rotatable bonds is 2. The number of benzene rings is 2. The van der Waals surface area contributed by atoms with Crippen LogP contribution in [-0.4, -0.2) is 11.4 Å². The molecule has 0 unspecified atom stereocenters. The van der Waals surface area contributed by atoms with Gasteiger partial charge in [0, 0.05) is 16.1 Å². The van der Waals surface area contributed by atoms with Crippen molar-refractivity contribution < 1.29 is 9.90 Å². The van der Waals surface area contributed by atoms with Gasteiger partial charge in [0.25, 0.3) is 0 Å². The number of aldehydes is 1. The molecule has 0 aliphatic carbocycles. The molecule has 0 radical (unpaired) electrons. The van der Waals surface area contributed by atoms with E-state index in [1.165, 1.54) is 6.07 Å². The third-order valence-electron chi connectivity index (χ3n) is 2.39. The lowest BCUT2D eigenvalue weighted by Crippen LogP contribution is -1.83. The minimum Gasteiger partial charge on any atom is -0.506 e. The Kier molecular flexibility index (Phi) is 3.36. The lowest BCUT2D eigenvalue weighted by atomic mass is 10.0. The minimum atomic E-state index is -0.0186. The maximum atomic E-state index is 10.5. The summed E-state index contributed by atoms with van der Waals surface area (Å²) in [6.45, 7) is 0. The highest BCUT2D eigenvalue weighted by atomic mass is 35.5. The molecule has 0 amide bonds. The maximum Gasteiger partial charge on any atom is 0.150 e. The Bertz CT molecular complexity index is 562. The lowest BCUT2D eigenvalue weighted by Gasteiger charge is -2.07. The van der Waals surface area contributed by atoms with Gasteiger partial charge in [-0.25, -0.2) is 0 Å². The SMILES string of the molecule is O=Cc1ccc(-c2cc(Cl)cc(Cl)c2O)cc1. The quantitative estimate of drug-likeness (QED) is 0.829. The third-order valence-corrected chi connectivity index (χ3v) is 2.89. The number of hydrogen-bond acceptors (Lipinski definition) is 2. The number of phenols is 1. The van der Waals surface area contributed by atoms with E-state index >= 15 is 0 Å². The fourth-order valence-corrected chi connectivity index (χ4v) is 2.02. The second kappa shape index (κ2) is 4.78. The summed E-state index contributed by atoms with van der Waals surface area (Å²) in [6.07, 6.45) is 0.759. The highest BCUT2D eigenvalue weighted by molar-refractivity contribution is 6.36. The normalized spacial score (nSPS) is 10.2. The summed E-state index contributed by atoms with van der Waals surface area (Å²) in [5, 5.41) is 10.5. The molecular weight excluding hydrogens is 259 g/mol. The van der Waals surface area contributed by atoms with Crippen LogP contribution in [0, 0.1) is 0 Å². The van der Waals surface area contributed by atoms with Gasteiger partial charge in [0.2, 0.25) is 0 Å². The van der Waals surface area contributed by atoms with Gasteiger partial charge in [-0.2, -0.15) is 0 Å². The topological polar surface area (TPSA) is 37.3 Å². The van der Waals surface area contributed by atoms with Crippen molar-refractivity contribution in [3.05, 3.63) is 52.0 Å². The number of halogens is 2. The maximum absolute atomic E-state index is 10.5. The Morgan fingerprint density at radius 1 is 1.06 bits per heavy atom. The van der Waals surface area contributed by atoms with Gasteiger partial charge in [-0.3, -0.25) is 4.79 Å². The van der Waals surface area contributed by atoms with Crippen molar-refractivity contribution >= 4 is 29.5 Å². The van der Waals surface area contributed by atoms with Crippen molar-refractivity contribution in [1.82, 2.24) is 0 Å². The molecule has 0 atom stereocenters. The van der Waals surface area contributed by atoms with Crippen LogP contribution in [0.5, 0.6) is 5.75 Å². The van der Waals surface area contributed by atoms with E-state index in [1.807, 2.05) is 0 Å². The van der Waals surface area contributed by atoms with Crippen LogP contribution >= 0.6 is 23.2 Å². The van der Waals surface area contributed by atoms with Crippen LogP contribution in [0.2, 0.25) is 10.0 Å². The molecule has 0 saturated heterocycles. The number of carbonyl (C=O) groups is 1. The van der Waals surface area contributed by atoms with Crippen molar-refractivity contribution in [2.24, 2.45) is 0 Å². The first-order valence-corrected chi connectivity index (χ1v) is 5.61. The Hall–Kier alpha value is -1.51. The first kappa shape index (κ1) is 12.0. The summed E-state index contributed by atoms with van der Waals surface area (Å²) in [4.78, 5) is 10.5. The molecule has 0 aromatic heterocycles. The molecule has 1 N–H and O–H groups in total. The highest BCUT2D eigenvalue weighted by Crippen LogP contribution is 2.37. The van der Waals surface area contributed by atoms with Gasteiger partial charge in [0.15, 0.2) is 0 Å². The van der Waals surface area contributed by atoms with Crippen molar-refractivity contribution in [2.75, 3.05) is 0 Å². The third kappa shape index (κ3) is 2.43. The molecule has 2 nitrogen and oxygen atoms in total. The molecule has 2 aromatic carbocycles. The van der Waals surface area contributed by atoms with Crippen LogP contribution in [0.4, 0.5) is 0 Å². The van der Waals surface area contributed by atoms with Crippen LogP contribution in [0.15, 0.2) is 36.4 Å². The van der Waals surface area contributed by atoms with Gasteiger partial charge in [-0.15, -0.1) is 0 Å². The minimum absolute atomic E-state index is 0.0186. The fourth-order valence-electron chi connectivity index (χ4n) is 1.53. The van der Waals surface area contributed by atoms with Crippen molar-refractivity contribution in [3.63, 3.8) is 0 Å². The van der Waals surface area contributed by atoms with Crippen LogP contribution in [0.3, 0.4) is 0 Å². The van der Waals surface area contributed by atoms with Gasteiger partial charge in [-0.05, 0) is 17.7 Å². The zero-order valence-electron chi connectivity index (χ0n) is 8.65. The summed E-state index contributed by atoms with van der Waals surface area (Å²) in [5.74, 6) is -0.0186. The van der Waals surface area contributed by atoms with Crippen LogP contribution in [0.1, 0.15) is 10.4 Å². The van der Waals surface area contributed by atoms with E-state index in [1.54, 1.807) is 30.3 Å². The van der Waals surface area contributed by atoms with Crippen molar-refractivity contribution in [3.8, 4) is 16.9 Å². The van der Waals surface area contributed by atoms with E-state index in [9.17, 15) is 9.90 Å². The number of phenolic OH excluding ortho intramolecular Hbond substituents is 1. The molecule has 4 heteroatoms. The number of aromatic hydroxyl groups is 1. The smallest absolute Gasteiger partial charge is 0.150 e. The molecular formula is C13H8Cl2O2. The monoisotopic (exact) mass is 266 g/mol.